The second kappa shape index (κ2) is 8.54. The molecule has 1 amide bonds. The van der Waals surface area contributed by atoms with Crippen molar-refractivity contribution >= 4 is 11.9 Å². The largest absolute Gasteiger partial charge is 0.490 e. The highest BCUT2D eigenvalue weighted by atomic mass is 16.5. The summed E-state index contributed by atoms with van der Waals surface area (Å²) in [6.07, 6.45) is 0.861. The quantitative estimate of drug-likeness (QED) is 0.816. The van der Waals surface area contributed by atoms with Gasteiger partial charge in [0.2, 0.25) is 0 Å². The summed E-state index contributed by atoms with van der Waals surface area (Å²) in [6, 6.07) is 3.94. The summed E-state index contributed by atoms with van der Waals surface area (Å²) < 4.78 is 16.3. The number of hydrogen-bond acceptors (Lipinski definition) is 5. The fraction of sp³-hybridized carbons (Fsp3) is 0.529. The summed E-state index contributed by atoms with van der Waals surface area (Å²) in [4.78, 5) is 25.4. The van der Waals surface area contributed by atoms with Gasteiger partial charge in [-0.3, -0.25) is 4.79 Å². The minimum Gasteiger partial charge on any atom is -0.490 e. The molecule has 1 aliphatic heterocycles. The molecule has 1 aromatic rings. The van der Waals surface area contributed by atoms with Crippen LogP contribution < -0.4 is 9.47 Å². The molecule has 1 aliphatic rings. The van der Waals surface area contributed by atoms with Crippen LogP contribution in [0.15, 0.2) is 18.2 Å². The molecule has 0 aromatic heterocycles. The number of aliphatic carboxylic acids is 1. The zero-order chi connectivity index (χ0) is 17.5. The van der Waals surface area contributed by atoms with E-state index in [1.807, 2.05) is 13.8 Å². The van der Waals surface area contributed by atoms with Crippen LogP contribution in [0.3, 0.4) is 0 Å². The second-order valence-corrected chi connectivity index (χ2v) is 5.37. The first-order valence-corrected chi connectivity index (χ1v) is 8.09. The van der Waals surface area contributed by atoms with E-state index in [-0.39, 0.29) is 19.1 Å². The van der Waals surface area contributed by atoms with Gasteiger partial charge in [-0.05, 0) is 31.5 Å². The third-order valence-electron chi connectivity index (χ3n) is 3.63. The van der Waals surface area contributed by atoms with E-state index in [0.717, 1.165) is 6.42 Å². The van der Waals surface area contributed by atoms with E-state index in [9.17, 15) is 14.7 Å². The molecule has 24 heavy (non-hydrogen) atoms. The number of nitrogens with zero attached hydrogens (tertiary/aromatic N) is 1. The number of carbonyl (C=O) groups is 2. The molecule has 1 unspecified atom stereocenters. The lowest BCUT2D eigenvalue weighted by Crippen LogP contribution is -2.52. The smallest absolute Gasteiger partial charge is 0.328 e. The molecule has 7 nitrogen and oxygen atoms in total. The molecule has 1 saturated heterocycles. The lowest BCUT2D eigenvalue weighted by atomic mass is 10.1. The van der Waals surface area contributed by atoms with Gasteiger partial charge in [-0.1, -0.05) is 6.92 Å². The van der Waals surface area contributed by atoms with Crippen LogP contribution >= 0.6 is 0 Å². The van der Waals surface area contributed by atoms with Crippen molar-refractivity contribution in [2.24, 2.45) is 0 Å². The van der Waals surface area contributed by atoms with Gasteiger partial charge < -0.3 is 24.2 Å². The predicted octanol–water partition coefficient (Wildman–Crippen LogP) is 1.80. The van der Waals surface area contributed by atoms with Crippen LogP contribution in [0.2, 0.25) is 0 Å². The number of carboxylic acids is 1. The molecule has 1 aromatic carbocycles. The van der Waals surface area contributed by atoms with Crippen molar-refractivity contribution in [2.75, 3.05) is 33.0 Å². The Morgan fingerprint density at radius 2 is 2.08 bits per heavy atom. The van der Waals surface area contributed by atoms with Crippen molar-refractivity contribution in [2.45, 2.75) is 26.3 Å². The first kappa shape index (κ1) is 18.1. The van der Waals surface area contributed by atoms with E-state index in [4.69, 9.17) is 14.2 Å². The lowest BCUT2D eigenvalue weighted by Gasteiger charge is -2.33. The molecular formula is C17H23NO6. The highest BCUT2D eigenvalue weighted by molar-refractivity contribution is 5.97. The van der Waals surface area contributed by atoms with Crippen LogP contribution in [0.5, 0.6) is 11.5 Å². The third kappa shape index (κ3) is 4.17. The Hall–Kier alpha value is -2.28. The number of carboxylic acid groups (broad SMARTS) is 1. The van der Waals surface area contributed by atoms with Gasteiger partial charge in [-0.25, -0.2) is 4.79 Å². The Labute approximate surface area is 141 Å². The molecule has 2 rings (SSSR count). The topological polar surface area (TPSA) is 85.3 Å². The molecule has 0 spiro atoms. The first-order valence-electron chi connectivity index (χ1n) is 8.09. The Balaban J connectivity index is 2.24. The number of morpholine rings is 1. The maximum absolute atomic E-state index is 12.7. The molecule has 1 fully saturated rings. The SMILES string of the molecule is CCCOc1ccc(C(=O)N2CCOCC2C(=O)O)cc1OCC. The van der Waals surface area contributed by atoms with E-state index in [2.05, 4.69) is 0 Å². The molecule has 1 atom stereocenters. The molecule has 1 N–H and O–H groups in total. The Morgan fingerprint density at radius 3 is 2.75 bits per heavy atom. The molecule has 0 aliphatic carbocycles. The molecule has 1 heterocycles. The molecular weight excluding hydrogens is 314 g/mol. The summed E-state index contributed by atoms with van der Waals surface area (Å²) >= 11 is 0. The van der Waals surface area contributed by atoms with Gasteiger partial charge >= 0.3 is 5.97 Å². The van der Waals surface area contributed by atoms with Crippen molar-refractivity contribution < 1.29 is 28.9 Å². The van der Waals surface area contributed by atoms with Gasteiger partial charge in [0.25, 0.3) is 5.91 Å². The van der Waals surface area contributed by atoms with Crippen LogP contribution in [0.25, 0.3) is 0 Å². The maximum Gasteiger partial charge on any atom is 0.328 e. The van der Waals surface area contributed by atoms with E-state index in [1.54, 1.807) is 18.2 Å². The monoisotopic (exact) mass is 337 g/mol. The van der Waals surface area contributed by atoms with Crippen LogP contribution in [-0.4, -0.2) is 60.9 Å². The standard InChI is InChI=1S/C17H23NO6/c1-3-8-24-14-6-5-12(10-15(14)23-4-2)16(19)18-7-9-22-11-13(18)17(20)21/h5-6,10,13H,3-4,7-9,11H2,1-2H3,(H,20,21). The van der Waals surface area contributed by atoms with Crippen LogP contribution in [0, 0.1) is 0 Å². The number of carbonyl (C=O) groups excluding carboxylic acids is 1. The lowest BCUT2D eigenvalue weighted by molar-refractivity contribution is -0.147. The van der Waals surface area contributed by atoms with E-state index in [0.29, 0.717) is 36.9 Å². The average Bonchev–Trinajstić information content (AvgIpc) is 2.60. The van der Waals surface area contributed by atoms with Crippen molar-refractivity contribution in [1.29, 1.82) is 0 Å². The van der Waals surface area contributed by atoms with Crippen LogP contribution in [0.1, 0.15) is 30.6 Å². The summed E-state index contributed by atoms with van der Waals surface area (Å²) in [5, 5.41) is 9.27. The second-order valence-electron chi connectivity index (χ2n) is 5.37. The molecule has 0 bridgehead atoms. The van der Waals surface area contributed by atoms with Crippen molar-refractivity contribution in [3.63, 3.8) is 0 Å². The van der Waals surface area contributed by atoms with E-state index < -0.39 is 12.0 Å². The number of benzene rings is 1. The zero-order valence-electron chi connectivity index (χ0n) is 14.0. The fourth-order valence-electron chi connectivity index (χ4n) is 2.46. The minimum absolute atomic E-state index is 0.00289. The zero-order valence-corrected chi connectivity index (χ0v) is 14.0. The van der Waals surface area contributed by atoms with Gasteiger partial charge in [-0.15, -0.1) is 0 Å². The Kier molecular flexibility index (Phi) is 6.43. The molecule has 0 radical (unpaired) electrons. The summed E-state index contributed by atoms with van der Waals surface area (Å²) in [5.41, 5.74) is 0.371. The van der Waals surface area contributed by atoms with Crippen LogP contribution in [-0.2, 0) is 9.53 Å². The highest BCUT2D eigenvalue weighted by Crippen LogP contribution is 2.29. The molecule has 132 valence electrons. The minimum atomic E-state index is -1.07. The van der Waals surface area contributed by atoms with Gasteiger partial charge in [0.05, 0.1) is 26.4 Å². The van der Waals surface area contributed by atoms with Crippen molar-refractivity contribution in [1.82, 2.24) is 4.90 Å². The predicted molar refractivity (Wildman–Crippen MR) is 86.7 cm³/mol. The normalized spacial score (nSPS) is 17.4. The van der Waals surface area contributed by atoms with Gasteiger partial charge in [0, 0.05) is 12.1 Å². The fourth-order valence-corrected chi connectivity index (χ4v) is 2.46. The highest BCUT2D eigenvalue weighted by Gasteiger charge is 2.33. The molecule has 0 saturated carbocycles. The van der Waals surface area contributed by atoms with E-state index in [1.165, 1.54) is 4.90 Å². The first-order chi connectivity index (χ1) is 11.6. The van der Waals surface area contributed by atoms with Gasteiger partial charge in [0.1, 0.15) is 0 Å². The van der Waals surface area contributed by atoms with Crippen molar-refractivity contribution in [3.8, 4) is 11.5 Å². The molecule has 7 heteroatoms. The number of ether oxygens (including phenoxy) is 3. The third-order valence-corrected chi connectivity index (χ3v) is 3.63. The van der Waals surface area contributed by atoms with Crippen LogP contribution in [0.4, 0.5) is 0 Å². The number of amides is 1. The summed E-state index contributed by atoms with van der Waals surface area (Å²) in [6.45, 7) is 5.41. The van der Waals surface area contributed by atoms with Gasteiger partial charge in [0.15, 0.2) is 17.5 Å². The maximum atomic E-state index is 12.7. The summed E-state index contributed by atoms with van der Waals surface area (Å²) in [7, 11) is 0. The van der Waals surface area contributed by atoms with Crippen molar-refractivity contribution in [3.05, 3.63) is 23.8 Å². The number of rotatable bonds is 7. The van der Waals surface area contributed by atoms with E-state index >= 15 is 0 Å². The van der Waals surface area contributed by atoms with Gasteiger partial charge in [-0.2, -0.15) is 0 Å². The average molecular weight is 337 g/mol. The Morgan fingerprint density at radius 1 is 1.29 bits per heavy atom. The summed E-state index contributed by atoms with van der Waals surface area (Å²) in [5.74, 6) is -0.367. The number of hydrogen-bond donors (Lipinski definition) is 1. The Bertz CT molecular complexity index is 588.